The maximum absolute atomic E-state index is 2.39. The second kappa shape index (κ2) is 4.30. The molecule has 1 aliphatic carbocycles. The fourth-order valence-corrected chi connectivity index (χ4v) is 2.26. The minimum atomic E-state index is 0.929. The average molecular weight is 168 g/mol. The van der Waals surface area contributed by atoms with Crippen LogP contribution >= 0.6 is 0 Å². The van der Waals surface area contributed by atoms with Gasteiger partial charge in [0.25, 0.3) is 0 Å². The molecule has 72 valence electrons. The molecule has 0 aliphatic heterocycles. The van der Waals surface area contributed by atoms with Crippen molar-refractivity contribution in [1.29, 1.82) is 0 Å². The van der Waals surface area contributed by atoms with E-state index >= 15 is 0 Å². The second-order valence-electron chi connectivity index (χ2n) is 5.09. The molecule has 0 amide bonds. The summed E-state index contributed by atoms with van der Waals surface area (Å²) >= 11 is 0. The van der Waals surface area contributed by atoms with Crippen molar-refractivity contribution < 1.29 is 0 Å². The number of hydrogen-bond acceptors (Lipinski definition) is 0. The quantitative estimate of drug-likeness (QED) is 0.592. The number of rotatable bonds is 4. The summed E-state index contributed by atoms with van der Waals surface area (Å²) in [6.45, 7) is 9.43. The van der Waals surface area contributed by atoms with Gasteiger partial charge in [-0.25, -0.2) is 0 Å². The maximum atomic E-state index is 2.39. The first kappa shape index (κ1) is 10.1. The maximum Gasteiger partial charge on any atom is -0.0386 e. The lowest BCUT2D eigenvalue weighted by molar-refractivity contribution is 0.118. The van der Waals surface area contributed by atoms with Crippen LogP contribution in [0.5, 0.6) is 0 Å². The Hall–Kier alpha value is 0. The first-order valence-corrected chi connectivity index (χ1v) is 5.63. The number of hydrogen-bond donors (Lipinski definition) is 0. The lowest BCUT2D eigenvalue weighted by Crippen LogP contribution is -2.28. The monoisotopic (exact) mass is 168 g/mol. The van der Waals surface area contributed by atoms with Crippen molar-refractivity contribution in [3.63, 3.8) is 0 Å². The van der Waals surface area contributed by atoms with Crippen molar-refractivity contribution in [3.8, 4) is 0 Å². The van der Waals surface area contributed by atoms with Crippen LogP contribution in [0, 0.1) is 23.7 Å². The summed E-state index contributed by atoms with van der Waals surface area (Å²) in [7, 11) is 0. The van der Waals surface area contributed by atoms with Crippen LogP contribution in [0.3, 0.4) is 0 Å². The lowest BCUT2D eigenvalue weighted by Gasteiger charge is -2.39. The molecule has 1 fully saturated rings. The standard InChI is InChI=1S/C12H24/c1-5-10(4)6-11-7-12(8-11)9(2)3/h9-12H,5-8H2,1-4H3. The molecule has 0 spiro atoms. The molecule has 12 heavy (non-hydrogen) atoms. The molecule has 0 nitrogen and oxygen atoms in total. The molecule has 0 aromatic heterocycles. The van der Waals surface area contributed by atoms with Crippen molar-refractivity contribution in [1.82, 2.24) is 0 Å². The molecule has 1 aliphatic rings. The highest BCUT2D eigenvalue weighted by Crippen LogP contribution is 2.42. The van der Waals surface area contributed by atoms with Crippen molar-refractivity contribution in [2.24, 2.45) is 23.7 Å². The van der Waals surface area contributed by atoms with E-state index in [4.69, 9.17) is 0 Å². The van der Waals surface area contributed by atoms with Crippen LogP contribution in [0.1, 0.15) is 53.4 Å². The molecule has 0 aromatic carbocycles. The largest absolute Gasteiger partial charge is 0.0651 e. The van der Waals surface area contributed by atoms with E-state index in [1.54, 1.807) is 0 Å². The molecule has 0 heteroatoms. The van der Waals surface area contributed by atoms with Gasteiger partial charge in [0.2, 0.25) is 0 Å². The van der Waals surface area contributed by atoms with Crippen LogP contribution in [0.4, 0.5) is 0 Å². The van der Waals surface area contributed by atoms with Gasteiger partial charge in [0, 0.05) is 0 Å². The topological polar surface area (TPSA) is 0 Å². The molecule has 0 bridgehead atoms. The van der Waals surface area contributed by atoms with E-state index in [9.17, 15) is 0 Å². The van der Waals surface area contributed by atoms with Crippen LogP contribution in [0.15, 0.2) is 0 Å². The predicted octanol–water partition coefficient (Wildman–Crippen LogP) is 4.10. The van der Waals surface area contributed by atoms with Crippen LogP contribution in [-0.2, 0) is 0 Å². The van der Waals surface area contributed by atoms with Gasteiger partial charge in [-0.3, -0.25) is 0 Å². The molecule has 0 aromatic rings. The third-order valence-electron chi connectivity index (χ3n) is 3.65. The van der Waals surface area contributed by atoms with Crippen LogP contribution in [0.25, 0.3) is 0 Å². The minimum Gasteiger partial charge on any atom is -0.0651 e. The highest BCUT2D eigenvalue weighted by molar-refractivity contribution is 4.82. The lowest BCUT2D eigenvalue weighted by atomic mass is 9.67. The average Bonchev–Trinajstić information content (AvgIpc) is 1.94. The Morgan fingerprint density at radius 3 is 2.17 bits per heavy atom. The van der Waals surface area contributed by atoms with E-state index in [-0.39, 0.29) is 0 Å². The van der Waals surface area contributed by atoms with Gasteiger partial charge in [0.15, 0.2) is 0 Å². The molecule has 1 atom stereocenters. The van der Waals surface area contributed by atoms with E-state index < -0.39 is 0 Å². The third kappa shape index (κ3) is 2.50. The SMILES string of the molecule is CCC(C)CC1CC(C(C)C)C1. The van der Waals surface area contributed by atoms with Gasteiger partial charge in [-0.15, -0.1) is 0 Å². The molecule has 1 saturated carbocycles. The van der Waals surface area contributed by atoms with E-state index in [2.05, 4.69) is 27.7 Å². The zero-order chi connectivity index (χ0) is 9.14. The zero-order valence-electron chi connectivity index (χ0n) is 9.14. The van der Waals surface area contributed by atoms with Crippen molar-refractivity contribution in [3.05, 3.63) is 0 Å². The van der Waals surface area contributed by atoms with E-state index in [1.807, 2.05) is 0 Å². The summed E-state index contributed by atoms with van der Waals surface area (Å²) in [5.74, 6) is 4.02. The van der Waals surface area contributed by atoms with E-state index in [0.29, 0.717) is 0 Å². The highest BCUT2D eigenvalue weighted by atomic mass is 14.4. The molecule has 0 saturated heterocycles. The van der Waals surface area contributed by atoms with Crippen LogP contribution in [0.2, 0.25) is 0 Å². The summed E-state index contributed by atoms with van der Waals surface area (Å²) in [6, 6.07) is 0. The third-order valence-corrected chi connectivity index (χ3v) is 3.65. The molecule has 1 unspecified atom stereocenters. The molecule has 0 N–H and O–H groups in total. The van der Waals surface area contributed by atoms with Gasteiger partial charge in [-0.05, 0) is 42.9 Å². The van der Waals surface area contributed by atoms with Crippen LogP contribution in [-0.4, -0.2) is 0 Å². The van der Waals surface area contributed by atoms with Gasteiger partial charge in [-0.2, -0.15) is 0 Å². The predicted molar refractivity (Wildman–Crippen MR) is 55.1 cm³/mol. The smallest absolute Gasteiger partial charge is 0.0386 e. The van der Waals surface area contributed by atoms with Gasteiger partial charge >= 0.3 is 0 Å². The second-order valence-corrected chi connectivity index (χ2v) is 5.09. The molecular formula is C12H24. The van der Waals surface area contributed by atoms with Gasteiger partial charge in [0.1, 0.15) is 0 Å². The Morgan fingerprint density at radius 1 is 1.17 bits per heavy atom. The van der Waals surface area contributed by atoms with Crippen LogP contribution < -0.4 is 0 Å². The Balaban J connectivity index is 2.09. The first-order valence-electron chi connectivity index (χ1n) is 5.63. The Bertz CT molecular complexity index is 120. The molecule has 1 rings (SSSR count). The fourth-order valence-electron chi connectivity index (χ4n) is 2.26. The first-order chi connectivity index (χ1) is 5.63. The van der Waals surface area contributed by atoms with Gasteiger partial charge < -0.3 is 0 Å². The zero-order valence-corrected chi connectivity index (χ0v) is 9.14. The Labute approximate surface area is 77.7 Å². The molecule has 0 heterocycles. The van der Waals surface area contributed by atoms with E-state index in [0.717, 1.165) is 23.7 Å². The van der Waals surface area contributed by atoms with Gasteiger partial charge in [0.05, 0.1) is 0 Å². The summed E-state index contributed by atoms with van der Waals surface area (Å²) in [5, 5.41) is 0. The summed E-state index contributed by atoms with van der Waals surface area (Å²) < 4.78 is 0. The summed E-state index contributed by atoms with van der Waals surface area (Å²) in [4.78, 5) is 0. The molecule has 0 radical (unpaired) electrons. The fraction of sp³-hybridized carbons (Fsp3) is 1.00. The van der Waals surface area contributed by atoms with Crippen molar-refractivity contribution in [2.75, 3.05) is 0 Å². The van der Waals surface area contributed by atoms with Crippen molar-refractivity contribution >= 4 is 0 Å². The Morgan fingerprint density at radius 2 is 1.75 bits per heavy atom. The summed E-state index contributed by atoms with van der Waals surface area (Å²) in [6.07, 6.45) is 5.88. The van der Waals surface area contributed by atoms with E-state index in [1.165, 1.54) is 25.7 Å². The highest BCUT2D eigenvalue weighted by Gasteiger charge is 2.31. The minimum absolute atomic E-state index is 0.929. The molecular weight excluding hydrogens is 144 g/mol. The summed E-state index contributed by atoms with van der Waals surface area (Å²) in [5.41, 5.74) is 0. The Kier molecular flexibility index (Phi) is 3.61. The normalized spacial score (nSPS) is 31.8. The van der Waals surface area contributed by atoms with Gasteiger partial charge in [-0.1, -0.05) is 34.1 Å². The van der Waals surface area contributed by atoms with Crippen molar-refractivity contribution in [2.45, 2.75) is 53.4 Å².